The fraction of sp³-hybridized carbons (Fsp3) is 0.818. The zero-order valence-electron chi connectivity index (χ0n) is 10.9. The van der Waals surface area contributed by atoms with E-state index in [2.05, 4.69) is 5.32 Å². The van der Waals surface area contributed by atoms with Crippen molar-refractivity contribution in [1.29, 1.82) is 0 Å². The number of carbonyl (C=O) groups excluding carboxylic acids is 1. The average Bonchev–Trinajstić information content (AvgIpc) is 2.23. The predicted molar refractivity (Wildman–Crippen MR) is 63.9 cm³/mol. The Bertz CT molecular complexity index is 256. The highest BCUT2D eigenvalue weighted by Crippen LogP contribution is 2.06. The van der Waals surface area contributed by atoms with Crippen LogP contribution in [0.15, 0.2) is 0 Å². The second-order valence-electron chi connectivity index (χ2n) is 4.31. The number of carboxylic acids is 1. The second-order valence-corrected chi connectivity index (χ2v) is 4.31. The van der Waals surface area contributed by atoms with Crippen molar-refractivity contribution in [3.05, 3.63) is 0 Å². The lowest BCUT2D eigenvalue weighted by Crippen LogP contribution is -2.46. The van der Waals surface area contributed by atoms with Crippen LogP contribution in [0.5, 0.6) is 0 Å². The molecule has 0 rings (SSSR count). The molecule has 0 aliphatic heterocycles. The van der Waals surface area contributed by atoms with E-state index < -0.39 is 5.97 Å². The maximum Gasteiger partial charge on any atom is 0.317 e. The van der Waals surface area contributed by atoms with E-state index in [0.717, 1.165) is 0 Å². The van der Waals surface area contributed by atoms with Crippen molar-refractivity contribution in [2.24, 2.45) is 5.92 Å². The maximum absolute atomic E-state index is 11.7. The Hall–Kier alpha value is -1.30. The van der Waals surface area contributed by atoms with Gasteiger partial charge in [0.05, 0.1) is 13.0 Å². The zero-order chi connectivity index (χ0) is 13.4. The van der Waals surface area contributed by atoms with Crippen LogP contribution >= 0.6 is 0 Å². The van der Waals surface area contributed by atoms with E-state index in [1.165, 1.54) is 4.90 Å². The number of aliphatic carboxylic acids is 1. The highest BCUT2D eigenvalue weighted by Gasteiger charge is 2.20. The van der Waals surface area contributed by atoms with Crippen LogP contribution in [0.3, 0.4) is 0 Å². The number of hydrogen-bond donors (Lipinski definition) is 2. The molecule has 2 amide bonds. The summed E-state index contributed by atoms with van der Waals surface area (Å²) in [6, 6.07) is -0.632. The molecule has 0 aromatic heterocycles. The number of amides is 2. The molecule has 0 saturated heterocycles. The molecule has 0 aliphatic rings. The molecule has 0 aliphatic carbocycles. The molecule has 0 aromatic rings. The molecule has 0 saturated carbocycles. The first-order chi connectivity index (χ1) is 7.88. The van der Waals surface area contributed by atoms with Gasteiger partial charge in [0.2, 0.25) is 0 Å². The predicted octanol–water partition coefficient (Wildman–Crippen LogP) is 0.773. The van der Waals surface area contributed by atoms with Crippen molar-refractivity contribution < 1.29 is 19.4 Å². The highest BCUT2D eigenvalue weighted by atomic mass is 16.5. The quantitative estimate of drug-likeness (QED) is 0.695. The molecule has 1 unspecified atom stereocenters. The number of hydrogen-bond acceptors (Lipinski definition) is 3. The minimum absolute atomic E-state index is 0.0679. The van der Waals surface area contributed by atoms with Gasteiger partial charge in [0.1, 0.15) is 0 Å². The Kier molecular flexibility index (Phi) is 7.29. The monoisotopic (exact) mass is 246 g/mol. The van der Waals surface area contributed by atoms with Crippen molar-refractivity contribution in [3.63, 3.8) is 0 Å². The normalized spacial score (nSPS) is 12.3. The van der Waals surface area contributed by atoms with Crippen LogP contribution in [0, 0.1) is 5.92 Å². The minimum atomic E-state index is -0.913. The summed E-state index contributed by atoms with van der Waals surface area (Å²) in [6.07, 6.45) is -0.0679. The van der Waals surface area contributed by atoms with Crippen molar-refractivity contribution in [1.82, 2.24) is 10.2 Å². The zero-order valence-corrected chi connectivity index (χ0v) is 10.9. The van der Waals surface area contributed by atoms with Crippen LogP contribution in [-0.4, -0.2) is 55.4 Å². The summed E-state index contributed by atoms with van der Waals surface area (Å²) < 4.78 is 4.86. The molecule has 1 atom stereocenters. The lowest BCUT2D eigenvalue weighted by Gasteiger charge is -2.24. The minimum Gasteiger partial charge on any atom is -0.481 e. The number of methoxy groups -OCH3 is 1. The van der Waals surface area contributed by atoms with E-state index in [0.29, 0.717) is 13.2 Å². The first kappa shape index (κ1) is 15.7. The molecule has 6 nitrogen and oxygen atoms in total. The number of likely N-dealkylation sites (N-methyl/N-ethyl adjacent to an activating group) is 1. The number of carbonyl (C=O) groups is 2. The van der Waals surface area contributed by atoms with E-state index >= 15 is 0 Å². The Morgan fingerprint density at radius 3 is 2.41 bits per heavy atom. The molecule has 0 heterocycles. The number of rotatable bonds is 7. The maximum atomic E-state index is 11.7. The van der Waals surface area contributed by atoms with Gasteiger partial charge in [-0.05, 0) is 5.92 Å². The van der Waals surface area contributed by atoms with Crippen molar-refractivity contribution in [2.75, 3.05) is 27.3 Å². The molecule has 6 heteroatoms. The van der Waals surface area contributed by atoms with E-state index in [4.69, 9.17) is 9.84 Å². The summed E-state index contributed by atoms with van der Waals surface area (Å²) in [4.78, 5) is 23.8. The van der Waals surface area contributed by atoms with Gasteiger partial charge in [0.15, 0.2) is 0 Å². The van der Waals surface area contributed by atoms with Crippen LogP contribution in [-0.2, 0) is 9.53 Å². The number of nitrogens with zero attached hydrogens (tertiary/aromatic N) is 1. The smallest absolute Gasteiger partial charge is 0.317 e. The third-order valence-electron chi connectivity index (χ3n) is 2.49. The van der Waals surface area contributed by atoms with Gasteiger partial charge in [0, 0.05) is 26.7 Å². The first-order valence-electron chi connectivity index (χ1n) is 5.60. The molecule has 0 radical (unpaired) electrons. The summed E-state index contributed by atoms with van der Waals surface area (Å²) >= 11 is 0. The van der Waals surface area contributed by atoms with Crippen LogP contribution < -0.4 is 5.32 Å². The standard InChI is InChI=1S/C11H22N2O4/c1-8(2)9(7-10(14)15)12-11(16)13(3)5-6-17-4/h8-9H,5-7H2,1-4H3,(H,12,16)(H,14,15). The van der Waals surface area contributed by atoms with Gasteiger partial charge in [-0.3, -0.25) is 4.79 Å². The van der Waals surface area contributed by atoms with Crippen LogP contribution in [0.1, 0.15) is 20.3 Å². The lowest BCUT2D eigenvalue weighted by atomic mass is 10.0. The molecule has 17 heavy (non-hydrogen) atoms. The van der Waals surface area contributed by atoms with E-state index in [-0.39, 0.29) is 24.4 Å². The van der Waals surface area contributed by atoms with Gasteiger partial charge in [-0.2, -0.15) is 0 Å². The lowest BCUT2D eigenvalue weighted by molar-refractivity contribution is -0.137. The van der Waals surface area contributed by atoms with E-state index in [1.807, 2.05) is 13.8 Å². The number of carboxylic acid groups (broad SMARTS) is 1. The van der Waals surface area contributed by atoms with Crippen LogP contribution in [0.4, 0.5) is 4.79 Å². The highest BCUT2D eigenvalue weighted by molar-refractivity contribution is 5.75. The third kappa shape index (κ3) is 6.78. The van der Waals surface area contributed by atoms with E-state index in [1.54, 1.807) is 14.2 Å². The molecule has 0 aromatic carbocycles. The van der Waals surface area contributed by atoms with Crippen molar-refractivity contribution in [2.45, 2.75) is 26.3 Å². The molecule has 0 fully saturated rings. The van der Waals surface area contributed by atoms with Gasteiger partial charge in [-0.1, -0.05) is 13.8 Å². The summed E-state index contributed by atoms with van der Waals surface area (Å²) in [5.41, 5.74) is 0. The molecular formula is C11H22N2O4. The Balaban J connectivity index is 4.24. The summed E-state index contributed by atoms with van der Waals surface area (Å²) in [7, 11) is 3.21. The average molecular weight is 246 g/mol. The van der Waals surface area contributed by atoms with Crippen LogP contribution in [0.2, 0.25) is 0 Å². The van der Waals surface area contributed by atoms with Crippen LogP contribution in [0.25, 0.3) is 0 Å². The van der Waals surface area contributed by atoms with Gasteiger partial charge in [-0.25, -0.2) is 4.79 Å². The van der Waals surface area contributed by atoms with Crippen molar-refractivity contribution in [3.8, 4) is 0 Å². The number of urea groups is 1. The van der Waals surface area contributed by atoms with Gasteiger partial charge < -0.3 is 20.1 Å². The summed E-state index contributed by atoms with van der Waals surface area (Å²) in [5, 5.41) is 11.4. The number of nitrogens with one attached hydrogen (secondary N) is 1. The molecule has 0 spiro atoms. The fourth-order valence-corrected chi connectivity index (χ4v) is 1.24. The topological polar surface area (TPSA) is 78.9 Å². The van der Waals surface area contributed by atoms with E-state index in [9.17, 15) is 9.59 Å². The SMILES string of the molecule is COCCN(C)C(=O)NC(CC(=O)O)C(C)C. The van der Waals surface area contributed by atoms with Crippen molar-refractivity contribution >= 4 is 12.0 Å². The Morgan fingerprint density at radius 2 is 2.00 bits per heavy atom. The Labute approximate surface area is 102 Å². The van der Waals surface area contributed by atoms with Gasteiger partial charge in [0.25, 0.3) is 0 Å². The third-order valence-corrected chi connectivity index (χ3v) is 2.49. The molecule has 2 N–H and O–H groups in total. The molecule has 100 valence electrons. The summed E-state index contributed by atoms with van der Waals surface area (Å²) in [5.74, 6) is -0.839. The fourth-order valence-electron chi connectivity index (χ4n) is 1.24. The van der Waals surface area contributed by atoms with Gasteiger partial charge >= 0.3 is 12.0 Å². The Morgan fingerprint density at radius 1 is 1.41 bits per heavy atom. The number of ether oxygens (including phenoxy) is 1. The first-order valence-corrected chi connectivity index (χ1v) is 5.60. The molecular weight excluding hydrogens is 224 g/mol. The molecule has 0 bridgehead atoms. The van der Waals surface area contributed by atoms with Gasteiger partial charge in [-0.15, -0.1) is 0 Å². The largest absolute Gasteiger partial charge is 0.481 e. The summed E-state index contributed by atoms with van der Waals surface area (Å²) in [6.45, 7) is 4.68. The second kappa shape index (κ2) is 7.89.